The van der Waals surface area contributed by atoms with Crippen molar-refractivity contribution in [2.24, 2.45) is 5.73 Å². The average molecular weight is 221 g/mol. The van der Waals surface area contributed by atoms with Crippen LogP contribution in [0.4, 0.5) is 5.82 Å². The zero-order chi connectivity index (χ0) is 11.8. The van der Waals surface area contributed by atoms with Crippen LogP contribution in [0, 0.1) is 0 Å². The van der Waals surface area contributed by atoms with Gasteiger partial charge in [-0.15, -0.1) is 0 Å². The third-order valence-electron chi connectivity index (χ3n) is 2.67. The van der Waals surface area contributed by atoms with Gasteiger partial charge in [0.05, 0.1) is 6.54 Å². The van der Waals surface area contributed by atoms with E-state index in [1.807, 2.05) is 36.9 Å². The van der Waals surface area contributed by atoms with Crippen molar-refractivity contribution in [1.29, 1.82) is 0 Å². The predicted molar refractivity (Wildman–Crippen MR) is 59.7 cm³/mol. The summed E-state index contributed by atoms with van der Waals surface area (Å²) in [5.41, 5.74) is 4.69. The van der Waals surface area contributed by atoms with Gasteiger partial charge in [0, 0.05) is 6.20 Å². The molecule has 1 fully saturated rings. The molecule has 1 aromatic rings. The topological polar surface area (TPSA) is 68.5 Å². The molecule has 1 unspecified atom stereocenters. The molecule has 0 radical (unpaired) electrons. The van der Waals surface area contributed by atoms with E-state index in [0.29, 0.717) is 6.54 Å². The van der Waals surface area contributed by atoms with E-state index >= 15 is 0 Å². The van der Waals surface area contributed by atoms with Gasteiger partial charge in [-0.05, 0) is 26.0 Å². The molecule has 2 N–H and O–H groups in total. The molecule has 5 nitrogen and oxygen atoms in total. The van der Waals surface area contributed by atoms with Crippen molar-refractivity contribution in [1.82, 2.24) is 4.98 Å². The first kappa shape index (κ1) is 10.9. The average Bonchev–Trinajstić information content (AvgIpc) is 2.56. The van der Waals surface area contributed by atoms with E-state index in [0.717, 1.165) is 5.82 Å². The fourth-order valence-corrected chi connectivity index (χ4v) is 1.87. The molecule has 16 heavy (non-hydrogen) atoms. The van der Waals surface area contributed by atoms with Crippen LogP contribution in [0.15, 0.2) is 24.4 Å². The van der Waals surface area contributed by atoms with Gasteiger partial charge in [0.1, 0.15) is 11.5 Å². The molecule has 0 aromatic carbocycles. The summed E-state index contributed by atoms with van der Waals surface area (Å²) in [5.74, 6) is 0.350. The number of primary amides is 1. The first-order chi connectivity index (χ1) is 7.50. The van der Waals surface area contributed by atoms with Crippen molar-refractivity contribution in [3.8, 4) is 0 Å². The lowest BCUT2D eigenvalue weighted by Gasteiger charge is -2.30. The van der Waals surface area contributed by atoms with Crippen molar-refractivity contribution < 1.29 is 9.53 Å². The van der Waals surface area contributed by atoms with Crippen LogP contribution in [0.1, 0.15) is 13.8 Å². The first-order valence-corrected chi connectivity index (χ1v) is 5.16. The van der Waals surface area contributed by atoms with E-state index < -0.39 is 17.7 Å². The maximum absolute atomic E-state index is 11.1. The van der Waals surface area contributed by atoms with Gasteiger partial charge in [0.15, 0.2) is 6.10 Å². The lowest BCUT2D eigenvalue weighted by Crippen LogP contribution is -2.39. The highest BCUT2D eigenvalue weighted by Crippen LogP contribution is 2.30. The second-order valence-corrected chi connectivity index (χ2v) is 4.25. The molecule has 1 aliphatic heterocycles. The van der Waals surface area contributed by atoms with Gasteiger partial charge < -0.3 is 15.4 Å². The Bertz CT molecular complexity index is 391. The van der Waals surface area contributed by atoms with E-state index in [-0.39, 0.29) is 0 Å². The first-order valence-electron chi connectivity index (χ1n) is 5.16. The number of ether oxygens (including phenoxy) is 1. The van der Waals surface area contributed by atoms with E-state index in [2.05, 4.69) is 4.98 Å². The number of aromatic nitrogens is 1. The third-order valence-corrected chi connectivity index (χ3v) is 2.67. The molecule has 0 bridgehead atoms. The number of rotatable bonds is 2. The molecule has 0 saturated carbocycles. The van der Waals surface area contributed by atoms with E-state index in [4.69, 9.17) is 10.5 Å². The number of carbonyl (C=O) groups is 1. The molecule has 1 atom stereocenters. The van der Waals surface area contributed by atoms with Crippen LogP contribution in [0.3, 0.4) is 0 Å². The quantitative estimate of drug-likeness (QED) is 0.790. The highest BCUT2D eigenvalue weighted by atomic mass is 16.5. The van der Waals surface area contributed by atoms with Crippen LogP contribution in [0.5, 0.6) is 0 Å². The van der Waals surface area contributed by atoms with Gasteiger partial charge >= 0.3 is 0 Å². The second kappa shape index (κ2) is 3.75. The summed E-state index contributed by atoms with van der Waals surface area (Å²) >= 11 is 0. The maximum Gasteiger partial charge on any atom is 0.248 e. The Hall–Kier alpha value is -1.62. The number of nitrogens with two attached hydrogens (primary N) is 1. The van der Waals surface area contributed by atoms with Gasteiger partial charge in [0.2, 0.25) is 5.91 Å². The van der Waals surface area contributed by atoms with Gasteiger partial charge in [-0.1, -0.05) is 6.07 Å². The van der Waals surface area contributed by atoms with E-state index in [9.17, 15) is 4.79 Å². The molecule has 0 aliphatic carbocycles. The molecule has 1 aliphatic rings. The lowest BCUT2D eigenvalue weighted by atomic mass is 10.2. The third kappa shape index (κ3) is 1.86. The zero-order valence-corrected chi connectivity index (χ0v) is 9.38. The minimum absolute atomic E-state index is 0.438. The summed E-state index contributed by atoms with van der Waals surface area (Å²) in [7, 11) is 0. The molecular formula is C11H15N3O2. The van der Waals surface area contributed by atoms with Crippen LogP contribution in [0.2, 0.25) is 0 Å². The normalized spacial score (nSPS) is 23.4. The highest BCUT2D eigenvalue weighted by Gasteiger charge is 2.42. The molecule has 2 rings (SSSR count). The molecule has 5 heteroatoms. The van der Waals surface area contributed by atoms with Gasteiger partial charge in [0.25, 0.3) is 0 Å². The smallest absolute Gasteiger partial charge is 0.248 e. The molecule has 1 saturated heterocycles. The summed E-state index contributed by atoms with van der Waals surface area (Å²) < 4.78 is 5.59. The Labute approximate surface area is 94.2 Å². The van der Waals surface area contributed by atoms with Crippen LogP contribution in [-0.2, 0) is 9.53 Å². The molecular weight excluding hydrogens is 206 g/mol. The van der Waals surface area contributed by atoms with Gasteiger partial charge in [-0.25, -0.2) is 4.98 Å². The Morgan fingerprint density at radius 1 is 1.62 bits per heavy atom. The molecule has 86 valence electrons. The fraction of sp³-hybridized carbons (Fsp3) is 0.455. The van der Waals surface area contributed by atoms with Crippen LogP contribution in [0.25, 0.3) is 0 Å². The predicted octanol–water partition coefficient (Wildman–Crippen LogP) is 0.508. The standard InChI is InChI=1S/C11H15N3O2/c1-11(2)14(7-8(16-11)10(12)15)9-5-3-4-6-13-9/h3-6,8H,7H2,1-2H3,(H2,12,15). The Morgan fingerprint density at radius 3 is 2.88 bits per heavy atom. The number of anilines is 1. The monoisotopic (exact) mass is 221 g/mol. The van der Waals surface area contributed by atoms with Crippen molar-refractivity contribution in [2.45, 2.75) is 25.7 Å². The van der Waals surface area contributed by atoms with Crippen molar-refractivity contribution in [3.05, 3.63) is 24.4 Å². The van der Waals surface area contributed by atoms with Crippen molar-refractivity contribution in [2.75, 3.05) is 11.4 Å². The second-order valence-electron chi connectivity index (χ2n) is 4.25. The minimum atomic E-state index is -0.572. The van der Waals surface area contributed by atoms with Crippen molar-refractivity contribution >= 4 is 11.7 Å². The van der Waals surface area contributed by atoms with Gasteiger partial charge in [-0.3, -0.25) is 4.79 Å². The number of nitrogens with zero attached hydrogens (tertiary/aromatic N) is 2. The summed E-state index contributed by atoms with van der Waals surface area (Å²) in [6.07, 6.45) is 1.14. The highest BCUT2D eigenvalue weighted by molar-refractivity contribution is 5.80. The largest absolute Gasteiger partial charge is 0.367 e. The molecule has 0 spiro atoms. The lowest BCUT2D eigenvalue weighted by molar-refractivity contribution is -0.131. The van der Waals surface area contributed by atoms with Crippen LogP contribution < -0.4 is 10.6 Å². The fourth-order valence-electron chi connectivity index (χ4n) is 1.87. The van der Waals surface area contributed by atoms with E-state index in [1.54, 1.807) is 6.20 Å². The van der Waals surface area contributed by atoms with Crippen LogP contribution in [-0.4, -0.2) is 29.3 Å². The maximum atomic E-state index is 11.1. The summed E-state index contributed by atoms with van der Waals surface area (Å²) in [4.78, 5) is 17.3. The number of carbonyl (C=O) groups excluding carboxylic acids is 1. The minimum Gasteiger partial charge on any atom is -0.367 e. The summed E-state index contributed by atoms with van der Waals surface area (Å²) in [6.45, 7) is 4.23. The number of pyridine rings is 1. The zero-order valence-electron chi connectivity index (χ0n) is 9.38. The number of hydrogen-bond acceptors (Lipinski definition) is 4. The number of hydrogen-bond donors (Lipinski definition) is 1. The van der Waals surface area contributed by atoms with Gasteiger partial charge in [-0.2, -0.15) is 0 Å². The Morgan fingerprint density at radius 2 is 2.38 bits per heavy atom. The summed E-state index contributed by atoms with van der Waals surface area (Å²) in [6, 6.07) is 5.63. The van der Waals surface area contributed by atoms with Crippen molar-refractivity contribution in [3.63, 3.8) is 0 Å². The Kier molecular flexibility index (Phi) is 2.55. The van der Waals surface area contributed by atoms with E-state index in [1.165, 1.54) is 0 Å². The Balaban J connectivity index is 2.26. The summed E-state index contributed by atoms with van der Waals surface area (Å²) in [5, 5.41) is 0. The van der Waals surface area contributed by atoms with Crippen LogP contribution >= 0.6 is 0 Å². The molecule has 1 aromatic heterocycles. The molecule has 2 heterocycles. The SMILES string of the molecule is CC1(C)OC(C(N)=O)CN1c1ccccn1. The number of amides is 1. The molecule has 1 amide bonds.